The van der Waals surface area contributed by atoms with Crippen molar-refractivity contribution in [2.24, 2.45) is 11.8 Å². The number of halogens is 6. The summed E-state index contributed by atoms with van der Waals surface area (Å²) in [6.07, 6.45) is -6.75. The SMILES string of the molecule is OC(CCCCCCOC1CC2CCC1C2)(C(F)(F)F)C(F)(F)F. The molecule has 0 aromatic carbocycles. The zero-order valence-corrected chi connectivity index (χ0v) is 13.4. The molecule has 2 bridgehead atoms. The van der Waals surface area contributed by atoms with Gasteiger partial charge in [-0.3, -0.25) is 0 Å². The Morgan fingerprint density at radius 2 is 1.46 bits per heavy atom. The lowest BCUT2D eigenvalue weighted by molar-refractivity contribution is -0.370. The largest absolute Gasteiger partial charge is 0.426 e. The lowest BCUT2D eigenvalue weighted by atomic mass is 9.94. The van der Waals surface area contributed by atoms with E-state index in [-0.39, 0.29) is 18.9 Å². The standard InChI is InChI=1S/C16H24F6O2/c17-15(18,19)14(23,16(20,21)22)7-3-1-2-4-8-24-13-10-11-5-6-12(13)9-11/h11-13,23H,1-10H2. The fraction of sp³-hybridized carbons (Fsp3) is 1.00. The molecule has 2 saturated carbocycles. The van der Waals surface area contributed by atoms with Gasteiger partial charge in [-0.15, -0.1) is 0 Å². The van der Waals surface area contributed by atoms with Gasteiger partial charge < -0.3 is 9.84 Å². The number of unbranched alkanes of at least 4 members (excludes halogenated alkanes) is 3. The molecule has 1 N–H and O–H groups in total. The Hall–Kier alpha value is -0.500. The number of rotatable bonds is 8. The monoisotopic (exact) mass is 362 g/mol. The molecule has 3 atom stereocenters. The molecule has 3 unspecified atom stereocenters. The second kappa shape index (κ2) is 7.40. The molecule has 2 rings (SSSR count). The second-order valence-electron chi connectivity index (χ2n) is 7.10. The van der Waals surface area contributed by atoms with Crippen LogP contribution in [0.2, 0.25) is 0 Å². The van der Waals surface area contributed by atoms with E-state index in [2.05, 4.69) is 0 Å². The summed E-state index contributed by atoms with van der Waals surface area (Å²) in [7, 11) is 0. The van der Waals surface area contributed by atoms with Gasteiger partial charge in [0.15, 0.2) is 0 Å². The maximum absolute atomic E-state index is 12.5. The van der Waals surface area contributed by atoms with Crippen molar-refractivity contribution >= 4 is 0 Å². The Labute approximate surface area is 137 Å². The molecular weight excluding hydrogens is 338 g/mol. The van der Waals surface area contributed by atoms with E-state index in [1.807, 2.05) is 0 Å². The summed E-state index contributed by atoms with van der Waals surface area (Å²) in [5.74, 6) is 1.39. The lowest BCUT2D eigenvalue weighted by Crippen LogP contribution is -2.56. The van der Waals surface area contributed by atoms with Crippen LogP contribution < -0.4 is 0 Å². The fourth-order valence-electron chi connectivity index (χ4n) is 3.91. The molecular formula is C16H24F6O2. The molecule has 0 radical (unpaired) electrons. The van der Waals surface area contributed by atoms with Crippen LogP contribution in [0.15, 0.2) is 0 Å². The third kappa shape index (κ3) is 4.36. The minimum atomic E-state index is -5.71. The summed E-state index contributed by atoms with van der Waals surface area (Å²) >= 11 is 0. The van der Waals surface area contributed by atoms with E-state index in [0.717, 1.165) is 12.3 Å². The smallest absolute Gasteiger partial charge is 0.378 e. The van der Waals surface area contributed by atoms with Crippen molar-refractivity contribution in [3.63, 3.8) is 0 Å². The highest BCUT2D eigenvalue weighted by Crippen LogP contribution is 2.47. The van der Waals surface area contributed by atoms with Crippen molar-refractivity contribution in [1.82, 2.24) is 0 Å². The number of hydrogen-bond donors (Lipinski definition) is 1. The number of aliphatic hydroxyl groups is 1. The molecule has 2 aliphatic rings. The third-order valence-electron chi connectivity index (χ3n) is 5.38. The molecule has 2 aliphatic carbocycles. The van der Waals surface area contributed by atoms with Gasteiger partial charge in [-0.1, -0.05) is 12.8 Å². The normalized spacial score (nSPS) is 27.9. The van der Waals surface area contributed by atoms with Gasteiger partial charge in [0.25, 0.3) is 5.60 Å². The van der Waals surface area contributed by atoms with Gasteiger partial charge in [0, 0.05) is 6.61 Å². The first-order chi connectivity index (χ1) is 11.0. The molecule has 24 heavy (non-hydrogen) atoms. The zero-order valence-electron chi connectivity index (χ0n) is 13.4. The zero-order chi connectivity index (χ0) is 18.0. The van der Waals surface area contributed by atoms with Gasteiger partial charge in [0.05, 0.1) is 6.10 Å². The topological polar surface area (TPSA) is 29.5 Å². The summed E-state index contributed by atoms with van der Waals surface area (Å²) in [5.41, 5.74) is -4.61. The minimum absolute atomic E-state index is 0.203. The molecule has 142 valence electrons. The van der Waals surface area contributed by atoms with Crippen LogP contribution in [0.5, 0.6) is 0 Å². The van der Waals surface area contributed by atoms with Crippen molar-refractivity contribution in [2.45, 2.75) is 81.8 Å². The van der Waals surface area contributed by atoms with Crippen molar-refractivity contribution in [1.29, 1.82) is 0 Å². The van der Waals surface area contributed by atoms with Crippen LogP contribution in [0, 0.1) is 11.8 Å². The molecule has 0 heterocycles. The highest BCUT2D eigenvalue weighted by molar-refractivity contribution is 4.93. The average Bonchev–Trinajstić information content (AvgIpc) is 3.06. The fourth-order valence-corrected chi connectivity index (χ4v) is 3.91. The number of hydrogen-bond acceptors (Lipinski definition) is 2. The molecule has 0 aliphatic heterocycles. The summed E-state index contributed by atoms with van der Waals surface area (Å²) < 4.78 is 80.7. The summed E-state index contributed by atoms with van der Waals surface area (Å²) in [6.45, 7) is 0.497. The Morgan fingerprint density at radius 1 is 0.833 bits per heavy atom. The van der Waals surface area contributed by atoms with Gasteiger partial charge >= 0.3 is 12.4 Å². The van der Waals surface area contributed by atoms with Crippen molar-refractivity contribution in [3.8, 4) is 0 Å². The number of alkyl halides is 6. The van der Waals surface area contributed by atoms with E-state index in [1.54, 1.807) is 0 Å². The van der Waals surface area contributed by atoms with Gasteiger partial charge in [-0.25, -0.2) is 0 Å². The lowest BCUT2D eigenvalue weighted by Gasteiger charge is -2.32. The van der Waals surface area contributed by atoms with Gasteiger partial charge in [0.2, 0.25) is 0 Å². The molecule has 0 aromatic heterocycles. The van der Waals surface area contributed by atoms with Crippen LogP contribution >= 0.6 is 0 Å². The Bertz CT molecular complexity index is 392. The van der Waals surface area contributed by atoms with Gasteiger partial charge in [0.1, 0.15) is 0 Å². The maximum Gasteiger partial charge on any atom is 0.426 e. The Balaban J connectivity index is 1.60. The molecule has 2 fully saturated rings. The predicted molar refractivity (Wildman–Crippen MR) is 75.3 cm³/mol. The van der Waals surface area contributed by atoms with E-state index < -0.39 is 24.4 Å². The third-order valence-corrected chi connectivity index (χ3v) is 5.38. The first-order valence-corrected chi connectivity index (χ1v) is 8.52. The summed E-state index contributed by atoms with van der Waals surface area (Å²) in [5, 5.41) is 9.02. The molecule has 0 aromatic rings. The minimum Gasteiger partial charge on any atom is -0.378 e. The molecule has 2 nitrogen and oxygen atoms in total. The second-order valence-corrected chi connectivity index (χ2v) is 7.10. The summed E-state index contributed by atoms with van der Waals surface area (Å²) in [6, 6.07) is 0. The Kier molecular flexibility index (Phi) is 6.11. The van der Waals surface area contributed by atoms with Crippen LogP contribution in [-0.2, 0) is 4.74 Å². The van der Waals surface area contributed by atoms with Crippen LogP contribution in [0.25, 0.3) is 0 Å². The molecule has 0 amide bonds. The first kappa shape index (κ1) is 19.8. The molecule has 0 saturated heterocycles. The molecule has 8 heteroatoms. The average molecular weight is 362 g/mol. The predicted octanol–water partition coefficient (Wildman–Crippen LogP) is 5.00. The Morgan fingerprint density at radius 3 is 1.96 bits per heavy atom. The molecule has 0 spiro atoms. The van der Waals surface area contributed by atoms with Crippen molar-refractivity contribution < 1.29 is 36.2 Å². The van der Waals surface area contributed by atoms with E-state index in [1.165, 1.54) is 19.3 Å². The van der Waals surface area contributed by atoms with Crippen LogP contribution in [0.4, 0.5) is 26.3 Å². The van der Waals surface area contributed by atoms with E-state index in [9.17, 15) is 26.3 Å². The van der Waals surface area contributed by atoms with Crippen LogP contribution in [0.3, 0.4) is 0 Å². The van der Waals surface area contributed by atoms with Gasteiger partial charge in [-0.05, 0) is 56.8 Å². The van der Waals surface area contributed by atoms with E-state index in [4.69, 9.17) is 9.84 Å². The van der Waals surface area contributed by atoms with Crippen LogP contribution in [0.1, 0.15) is 57.8 Å². The van der Waals surface area contributed by atoms with E-state index in [0.29, 0.717) is 25.4 Å². The van der Waals surface area contributed by atoms with Crippen molar-refractivity contribution in [2.75, 3.05) is 6.61 Å². The van der Waals surface area contributed by atoms with Gasteiger partial charge in [-0.2, -0.15) is 26.3 Å². The number of fused-ring (bicyclic) bond motifs is 2. The van der Waals surface area contributed by atoms with E-state index >= 15 is 0 Å². The highest BCUT2D eigenvalue weighted by Gasteiger charge is 2.69. The van der Waals surface area contributed by atoms with Crippen molar-refractivity contribution in [3.05, 3.63) is 0 Å². The highest BCUT2D eigenvalue weighted by atomic mass is 19.4. The van der Waals surface area contributed by atoms with Crippen LogP contribution in [-0.4, -0.2) is 35.8 Å². The quantitative estimate of drug-likeness (QED) is 0.486. The summed E-state index contributed by atoms with van der Waals surface area (Å²) in [4.78, 5) is 0. The first-order valence-electron chi connectivity index (χ1n) is 8.52. The maximum atomic E-state index is 12.5. The number of ether oxygens (including phenoxy) is 1.